The van der Waals surface area contributed by atoms with Gasteiger partial charge in [0.1, 0.15) is 12.2 Å². The molecule has 3 rings (SSSR count). The molecule has 0 radical (unpaired) electrons. The summed E-state index contributed by atoms with van der Waals surface area (Å²) < 4.78 is 4.92. The summed E-state index contributed by atoms with van der Waals surface area (Å²) in [5, 5.41) is 8.75. The summed E-state index contributed by atoms with van der Waals surface area (Å²) in [4.78, 5) is 36.8. The van der Waals surface area contributed by atoms with Gasteiger partial charge in [0.15, 0.2) is 6.61 Å². The molecule has 0 unspecified atom stereocenters. The SMILES string of the molecule is O=C1CN(C(=O)COC(=O)c2ccn[nH]2)c2ccccc2N1. The first-order valence-corrected chi connectivity index (χ1v) is 6.51. The maximum atomic E-state index is 12.2. The van der Waals surface area contributed by atoms with Crippen LogP contribution in [0.25, 0.3) is 0 Å². The second kappa shape index (κ2) is 5.68. The third kappa shape index (κ3) is 2.66. The lowest BCUT2D eigenvalue weighted by Gasteiger charge is -2.28. The molecule has 0 aliphatic carbocycles. The highest BCUT2D eigenvalue weighted by Crippen LogP contribution is 2.28. The molecule has 0 atom stereocenters. The van der Waals surface area contributed by atoms with Gasteiger partial charge in [0.2, 0.25) is 5.91 Å². The molecule has 0 spiro atoms. The van der Waals surface area contributed by atoms with E-state index in [1.54, 1.807) is 24.3 Å². The molecule has 2 amide bonds. The first kappa shape index (κ1) is 13.8. The quantitative estimate of drug-likeness (QED) is 0.806. The van der Waals surface area contributed by atoms with Crippen molar-refractivity contribution in [1.82, 2.24) is 10.2 Å². The van der Waals surface area contributed by atoms with Gasteiger partial charge in [0.05, 0.1) is 11.4 Å². The first-order chi connectivity index (χ1) is 10.6. The molecule has 0 saturated carbocycles. The van der Waals surface area contributed by atoms with E-state index >= 15 is 0 Å². The van der Waals surface area contributed by atoms with Crippen molar-refractivity contribution in [3.63, 3.8) is 0 Å². The Kier molecular flexibility index (Phi) is 3.57. The van der Waals surface area contributed by atoms with E-state index in [1.807, 2.05) is 0 Å². The number of fused-ring (bicyclic) bond motifs is 1. The van der Waals surface area contributed by atoms with Gasteiger partial charge in [-0.1, -0.05) is 12.1 Å². The average Bonchev–Trinajstić information content (AvgIpc) is 3.06. The summed E-state index contributed by atoms with van der Waals surface area (Å²) >= 11 is 0. The van der Waals surface area contributed by atoms with E-state index in [1.165, 1.54) is 17.2 Å². The van der Waals surface area contributed by atoms with E-state index in [0.29, 0.717) is 11.4 Å². The third-order valence-electron chi connectivity index (χ3n) is 3.12. The van der Waals surface area contributed by atoms with Crippen molar-refractivity contribution in [1.29, 1.82) is 0 Å². The van der Waals surface area contributed by atoms with Gasteiger partial charge in [-0.05, 0) is 18.2 Å². The largest absolute Gasteiger partial charge is 0.451 e. The minimum Gasteiger partial charge on any atom is -0.451 e. The number of ether oxygens (including phenoxy) is 1. The molecule has 22 heavy (non-hydrogen) atoms. The van der Waals surface area contributed by atoms with Crippen LogP contribution in [-0.2, 0) is 14.3 Å². The molecule has 8 nitrogen and oxygen atoms in total. The molecule has 8 heteroatoms. The van der Waals surface area contributed by atoms with Gasteiger partial charge in [-0.3, -0.25) is 19.6 Å². The predicted molar refractivity (Wildman–Crippen MR) is 76.3 cm³/mol. The van der Waals surface area contributed by atoms with Crippen LogP contribution in [0.1, 0.15) is 10.5 Å². The maximum Gasteiger partial charge on any atom is 0.356 e. The maximum absolute atomic E-state index is 12.2. The number of H-pyrrole nitrogens is 1. The summed E-state index contributed by atoms with van der Waals surface area (Å²) in [6.45, 7) is -0.572. The molecule has 1 aliphatic rings. The van der Waals surface area contributed by atoms with Crippen molar-refractivity contribution >= 4 is 29.2 Å². The Balaban J connectivity index is 1.70. The zero-order valence-electron chi connectivity index (χ0n) is 11.4. The number of benzene rings is 1. The summed E-state index contributed by atoms with van der Waals surface area (Å²) in [7, 11) is 0. The average molecular weight is 300 g/mol. The lowest BCUT2D eigenvalue weighted by Crippen LogP contribution is -2.44. The molecule has 0 bridgehead atoms. The number of amides is 2. The highest BCUT2D eigenvalue weighted by atomic mass is 16.5. The van der Waals surface area contributed by atoms with Gasteiger partial charge < -0.3 is 10.1 Å². The van der Waals surface area contributed by atoms with Crippen LogP contribution in [0.2, 0.25) is 0 Å². The Morgan fingerprint density at radius 2 is 2.09 bits per heavy atom. The summed E-state index contributed by atoms with van der Waals surface area (Å²) in [5.41, 5.74) is 1.28. The van der Waals surface area contributed by atoms with Gasteiger partial charge in [-0.25, -0.2) is 4.79 Å². The number of hydrogen-bond acceptors (Lipinski definition) is 5. The molecule has 112 valence electrons. The first-order valence-electron chi connectivity index (χ1n) is 6.51. The summed E-state index contributed by atoms with van der Waals surface area (Å²) in [6.07, 6.45) is 1.41. The highest BCUT2D eigenvalue weighted by molar-refractivity contribution is 6.10. The van der Waals surface area contributed by atoms with Crippen LogP contribution < -0.4 is 10.2 Å². The Hall–Kier alpha value is -3.16. The van der Waals surface area contributed by atoms with Crippen molar-refractivity contribution < 1.29 is 19.1 Å². The monoisotopic (exact) mass is 300 g/mol. The molecule has 0 fully saturated rings. The molecule has 1 aromatic carbocycles. The van der Waals surface area contributed by atoms with Crippen LogP contribution in [0.15, 0.2) is 36.5 Å². The molecule has 1 aliphatic heterocycles. The number of carbonyl (C=O) groups is 3. The highest BCUT2D eigenvalue weighted by Gasteiger charge is 2.27. The fourth-order valence-corrected chi connectivity index (χ4v) is 2.11. The summed E-state index contributed by atoms with van der Waals surface area (Å²) in [5.74, 6) is -1.46. The minimum atomic E-state index is -0.680. The number of rotatable bonds is 3. The third-order valence-corrected chi connectivity index (χ3v) is 3.12. The molecular weight excluding hydrogens is 288 g/mol. The number of aromatic nitrogens is 2. The van der Waals surface area contributed by atoms with Crippen LogP contribution in [0.5, 0.6) is 0 Å². The van der Waals surface area contributed by atoms with Crippen molar-refractivity contribution in [2.75, 3.05) is 23.4 Å². The number of esters is 1. The number of carbonyl (C=O) groups excluding carboxylic acids is 3. The predicted octanol–water partition coefficient (Wildman–Crippen LogP) is 0.552. The Labute approximate surface area is 125 Å². The molecule has 0 saturated heterocycles. The minimum absolute atomic E-state index is 0.114. The molecule has 2 N–H and O–H groups in total. The fraction of sp³-hybridized carbons (Fsp3) is 0.143. The zero-order valence-corrected chi connectivity index (χ0v) is 11.4. The van der Waals surface area contributed by atoms with Gasteiger partial charge in [0, 0.05) is 6.20 Å². The number of nitrogens with zero attached hydrogens (tertiary/aromatic N) is 2. The number of anilines is 2. The van der Waals surface area contributed by atoms with E-state index in [9.17, 15) is 14.4 Å². The zero-order chi connectivity index (χ0) is 15.5. The Bertz CT molecular complexity index is 726. The van der Waals surface area contributed by atoms with Gasteiger partial charge in [-0.15, -0.1) is 0 Å². The van der Waals surface area contributed by atoms with Crippen LogP contribution in [0.4, 0.5) is 11.4 Å². The molecule has 2 heterocycles. The molecular formula is C14H12N4O4. The summed E-state index contributed by atoms with van der Waals surface area (Å²) in [6, 6.07) is 8.36. The van der Waals surface area contributed by atoms with Crippen molar-refractivity contribution in [2.24, 2.45) is 0 Å². The fourth-order valence-electron chi connectivity index (χ4n) is 2.11. The lowest BCUT2D eigenvalue weighted by atomic mass is 10.2. The standard InChI is InChI=1S/C14H12N4O4/c19-12-7-18(11-4-2-1-3-9(11)16-12)13(20)8-22-14(21)10-5-6-15-17-10/h1-6H,7-8H2,(H,15,17)(H,16,19). The number of nitrogens with one attached hydrogen (secondary N) is 2. The Morgan fingerprint density at radius 3 is 2.86 bits per heavy atom. The van der Waals surface area contributed by atoms with E-state index in [-0.39, 0.29) is 18.1 Å². The lowest BCUT2D eigenvalue weighted by molar-refractivity contribution is -0.124. The van der Waals surface area contributed by atoms with E-state index in [4.69, 9.17) is 4.74 Å². The number of aromatic amines is 1. The number of para-hydroxylation sites is 2. The van der Waals surface area contributed by atoms with Crippen LogP contribution in [0, 0.1) is 0 Å². The van der Waals surface area contributed by atoms with Gasteiger partial charge >= 0.3 is 5.97 Å². The van der Waals surface area contributed by atoms with Gasteiger partial charge in [0.25, 0.3) is 5.91 Å². The Morgan fingerprint density at radius 1 is 1.27 bits per heavy atom. The van der Waals surface area contributed by atoms with E-state index < -0.39 is 18.5 Å². The van der Waals surface area contributed by atoms with Crippen LogP contribution in [0.3, 0.4) is 0 Å². The van der Waals surface area contributed by atoms with E-state index in [2.05, 4.69) is 15.5 Å². The number of hydrogen-bond donors (Lipinski definition) is 2. The van der Waals surface area contributed by atoms with E-state index in [0.717, 1.165) is 0 Å². The van der Waals surface area contributed by atoms with Crippen molar-refractivity contribution in [3.8, 4) is 0 Å². The topological polar surface area (TPSA) is 104 Å². The second-order valence-corrected chi connectivity index (χ2v) is 4.59. The van der Waals surface area contributed by atoms with Crippen LogP contribution >= 0.6 is 0 Å². The van der Waals surface area contributed by atoms with Crippen LogP contribution in [-0.4, -0.2) is 41.1 Å². The van der Waals surface area contributed by atoms with Gasteiger partial charge in [-0.2, -0.15) is 5.10 Å². The molecule has 2 aromatic rings. The second-order valence-electron chi connectivity index (χ2n) is 4.59. The van der Waals surface area contributed by atoms with Crippen molar-refractivity contribution in [2.45, 2.75) is 0 Å². The smallest absolute Gasteiger partial charge is 0.356 e. The molecule has 1 aromatic heterocycles. The normalized spacial score (nSPS) is 13.3. The van der Waals surface area contributed by atoms with Crippen molar-refractivity contribution in [3.05, 3.63) is 42.2 Å².